The molecule has 0 aliphatic carbocycles. The van der Waals surface area contributed by atoms with Crippen LogP contribution in [0.1, 0.15) is 13.8 Å². The molecule has 0 atom stereocenters. The first-order chi connectivity index (χ1) is 13.8. The zero-order valence-electron chi connectivity index (χ0n) is 16.7. The Kier molecular flexibility index (Phi) is 6.49. The van der Waals surface area contributed by atoms with Crippen LogP contribution in [0.4, 0.5) is 10.1 Å². The molecule has 2 aromatic rings. The Morgan fingerprint density at radius 2 is 1.62 bits per heavy atom. The molecule has 1 aliphatic heterocycles. The Morgan fingerprint density at radius 1 is 1.00 bits per heavy atom. The lowest BCUT2D eigenvalue weighted by Crippen LogP contribution is -2.56. The quantitative estimate of drug-likeness (QED) is 0.812. The fourth-order valence-corrected chi connectivity index (χ4v) is 3.26. The zero-order valence-corrected chi connectivity index (χ0v) is 16.7. The van der Waals surface area contributed by atoms with Crippen molar-refractivity contribution in [2.45, 2.75) is 19.4 Å². The molecule has 1 saturated heterocycles. The number of ether oxygens (including phenoxy) is 1. The molecule has 3 rings (SSSR count). The predicted octanol–water partition coefficient (Wildman–Crippen LogP) is 2.77. The largest absolute Gasteiger partial charge is 0.478 e. The minimum atomic E-state index is -1.06. The van der Waals surface area contributed by atoms with E-state index in [-0.39, 0.29) is 24.2 Å². The number of hydrogen-bond donors (Lipinski definition) is 1. The second-order valence-corrected chi connectivity index (χ2v) is 7.55. The first kappa shape index (κ1) is 20.8. The summed E-state index contributed by atoms with van der Waals surface area (Å²) in [7, 11) is 0. The van der Waals surface area contributed by atoms with E-state index in [0.717, 1.165) is 5.69 Å². The lowest BCUT2D eigenvalue weighted by molar-refractivity contribution is -0.147. The van der Waals surface area contributed by atoms with Gasteiger partial charge < -0.3 is 15.0 Å². The van der Waals surface area contributed by atoms with Gasteiger partial charge in [0.15, 0.2) is 5.60 Å². The number of halogens is 1. The fourth-order valence-electron chi connectivity index (χ4n) is 3.26. The van der Waals surface area contributed by atoms with E-state index in [1.165, 1.54) is 24.3 Å². The topological polar surface area (TPSA) is 61.9 Å². The standard InChI is InChI=1S/C22H26FN3O3/c1-22(2,29-19-10-8-17(23)9-11-19)21(28)26-14-12-25(13-15-26)16-20(27)24-18-6-4-3-5-7-18/h3-11H,12-16H2,1-2H3,(H,24,27). The smallest absolute Gasteiger partial charge is 0.266 e. The van der Waals surface area contributed by atoms with E-state index in [9.17, 15) is 14.0 Å². The number of piperazine rings is 1. The number of anilines is 1. The van der Waals surface area contributed by atoms with Gasteiger partial charge in [0.1, 0.15) is 11.6 Å². The average molecular weight is 399 g/mol. The number of rotatable bonds is 6. The summed E-state index contributed by atoms with van der Waals surface area (Å²) in [5.41, 5.74) is -0.295. The molecule has 1 aliphatic rings. The second-order valence-electron chi connectivity index (χ2n) is 7.55. The molecule has 0 saturated carbocycles. The van der Waals surface area contributed by atoms with Crippen molar-refractivity contribution in [3.05, 3.63) is 60.4 Å². The average Bonchev–Trinajstić information content (AvgIpc) is 2.70. The minimum absolute atomic E-state index is 0.0732. The van der Waals surface area contributed by atoms with Crippen LogP contribution in [0.25, 0.3) is 0 Å². The lowest BCUT2D eigenvalue weighted by atomic mass is 10.1. The highest BCUT2D eigenvalue weighted by atomic mass is 19.1. The summed E-state index contributed by atoms with van der Waals surface area (Å²) in [6.45, 7) is 5.96. The molecule has 1 fully saturated rings. The second kappa shape index (κ2) is 9.05. The van der Waals surface area contributed by atoms with E-state index in [2.05, 4.69) is 5.32 Å². The molecule has 1 N–H and O–H groups in total. The molecular formula is C22H26FN3O3. The molecular weight excluding hydrogens is 373 g/mol. The molecule has 0 bridgehead atoms. The molecule has 0 aromatic heterocycles. The molecule has 2 amide bonds. The van der Waals surface area contributed by atoms with Gasteiger partial charge in [-0.25, -0.2) is 4.39 Å². The van der Waals surface area contributed by atoms with E-state index in [4.69, 9.17) is 4.74 Å². The molecule has 2 aromatic carbocycles. The molecule has 0 unspecified atom stereocenters. The molecule has 29 heavy (non-hydrogen) atoms. The summed E-state index contributed by atoms with van der Waals surface area (Å²) in [4.78, 5) is 28.9. The van der Waals surface area contributed by atoms with Gasteiger partial charge in [-0.15, -0.1) is 0 Å². The van der Waals surface area contributed by atoms with Crippen LogP contribution in [0.5, 0.6) is 5.75 Å². The van der Waals surface area contributed by atoms with Crippen LogP contribution in [0, 0.1) is 5.82 Å². The maximum atomic E-state index is 13.1. The van der Waals surface area contributed by atoms with E-state index >= 15 is 0 Å². The molecule has 7 heteroatoms. The van der Waals surface area contributed by atoms with Gasteiger partial charge in [-0.2, -0.15) is 0 Å². The van der Waals surface area contributed by atoms with E-state index in [1.807, 2.05) is 35.2 Å². The summed E-state index contributed by atoms with van der Waals surface area (Å²) < 4.78 is 18.8. The van der Waals surface area contributed by atoms with Crippen molar-refractivity contribution in [1.82, 2.24) is 9.80 Å². The first-order valence-corrected chi connectivity index (χ1v) is 9.65. The number of para-hydroxylation sites is 1. The summed E-state index contributed by atoms with van der Waals surface area (Å²) in [5, 5.41) is 2.87. The highest BCUT2D eigenvalue weighted by Crippen LogP contribution is 2.21. The zero-order chi connectivity index (χ0) is 20.9. The van der Waals surface area contributed by atoms with Crippen LogP contribution < -0.4 is 10.1 Å². The van der Waals surface area contributed by atoms with Crippen molar-refractivity contribution in [2.24, 2.45) is 0 Å². The van der Waals surface area contributed by atoms with Crippen LogP contribution in [0.2, 0.25) is 0 Å². The lowest BCUT2D eigenvalue weighted by Gasteiger charge is -2.38. The maximum absolute atomic E-state index is 13.1. The minimum Gasteiger partial charge on any atom is -0.478 e. The van der Waals surface area contributed by atoms with Gasteiger partial charge in [0.25, 0.3) is 5.91 Å². The van der Waals surface area contributed by atoms with Crippen LogP contribution >= 0.6 is 0 Å². The Balaban J connectivity index is 1.48. The Bertz CT molecular complexity index is 832. The van der Waals surface area contributed by atoms with Crippen molar-refractivity contribution in [3.63, 3.8) is 0 Å². The van der Waals surface area contributed by atoms with Crippen LogP contribution in [0.15, 0.2) is 54.6 Å². The molecule has 1 heterocycles. The van der Waals surface area contributed by atoms with Gasteiger partial charge in [0.05, 0.1) is 6.54 Å². The van der Waals surface area contributed by atoms with Crippen molar-refractivity contribution < 1.29 is 18.7 Å². The van der Waals surface area contributed by atoms with E-state index in [0.29, 0.717) is 31.9 Å². The predicted molar refractivity (Wildman–Crippen MR) is 109 cm³/mol. The summed E-state index contributed by atoms with van der Waals surface area (Å²) in [6, 6.07) is 14.9. The number of benzene rings is 2. The van der Waals surface area contributed by atoms with Gasteiger partial charge in [0.2, 0.25) is 5.91 Å². The number of nitrogens with one attached hydrogen (secondary N) is 1. The van der Waals surface area contributed by atoms with Gasteiger partial charge >= 0.3 is 0 Å². The summed E-state index contributed by atoms with van der Waals surface area (Å²) in [6.07, 6.45) is 0. The van der Waals surface area contributed by atoms with Crippen LogP contribution in [0.3, 0.4) is 0 Å². The number of amides is 2. The van der Waals surface area contributed by atoms with Gasteiger partial charge in [-0.1, -0.05) is 18.2 Å². The van der Waals surface area contributed by atoms with E-state index in [1.54, 1.807) is 18.7 Å². The molecule has 6 nitrogen and oxygen atoms in total. The number of carbonyl (C=O) groups is 2. The third-order valence-electron chi connectivity index (χ3n) is 4.79. The van der Waals surface area contributed by atoms with Crippen LogP contribution in [-0.4, -0.2) is 59.9 Å². The van der Waals surface area contributed by atoms with Crippen molar-refractivity contribution in [1.29, 1.82) is 0 Å². The molecule has 154 valence electrons. The third-order valence-corrected chi connectivity index (χ3v) is 4.79. The van der Waals surface area contributed by atoms with Crippen molar-refractivity contribution >= 4 is 17.5 Å². The Labute approximate surface area is 170 Å². The van der Waals surface area contributed by atoms with Crippen molar-refractivity contribution in [2.75, 3.05) is 38.0 Å². The summed E-state index contributed by atoms with van der Waals surface area (Å²) in [5.74, 6) is -0.110. The van der Waals surface area contributed by atoms with E-state index < -0.39 is 5.60 Å². The SMILES string of the molecule is CC(C)(Oc1ccc(F)cc1)C(=O)N1CCN(CC(=O)Nc2ccccc2)CC1. The molecule has 0 radical (unpaired) electrons. The monoisotopic (exact) mass is 399 g/mol. The Hall–Kier alpha value is -2.93. The Morgan fingerprint density at radius 3 is 2.24 bits per heavy atom. The van der Waals surface area contributed by atoms with Gasteiger partial charge in [-0.05, 0) is 50.2 Å². The number of nitrogens with zero attached hydrogens (tertiary/aromatic N) is 2. The van der Waals surface area contributed by atoms with Gasteiger partial charge in [-0.3, -0.25) is 14.5 Å². The maximum Gasteiger partial charge on any atom is 0.266 e. The number of hydrogen-bond acceptors (Lipinski definition) is 4. The first-order valence-electron chi connectivity index (χ1n) is 9.65. The molecule has 0 spiro atoms. The highest BCUT2D eigenvalue weighted by molar-refractivity contribution is 5.92. The third kappa shape index (κ3) is 5.77. The highest BCUT2D eigenvalue weighted by Gasteiger charge is 2.35. The normalized spacial score (nSPS) is 15.1. The summed E-state index contributed by atoms with van der Waals surface area (Å²) >= 11 is 0. The van der Waals surface area contributed by atoms with Crippen molar-refractivity contribution in [3.8, 4) is 5.75 Å². The number of carbonyl (C=O) groups excluding carboxylic acids is 2. The fraction of sp³-hybridized carbons (Fsp3) is 0.364. The van der Waals surface area contributed by atoms with Gasteiger partial charge in [0, 0.05) is 31.9 Å². The van der Waals surface area contributed by atoms with Crippen LogP contribution in [-0.2, 0) is 9.59 Å².